The van der Waals surface area contributed by atoms with E-state index in [9.17, 15) is 0 Å². The van der Waals surface area contributed by atoms with E-state index in [1.807, 2.05) is 0 Å². The first kappa shape index (κ1) is 7.80. The molecule has 0 aliphatic carbocycles. The first-order valence-corrected chi connectivity index (χ1v) is 4.97. The van der Waals surface area contributed by atoms with Crippen molar-refractivity contribution in [3.05, 3.63) is 0 Å². The van der Waals surface area contributed by atoms with E-state index in [-0.39, 0.29) is 0 Å². The Balaban J connectivity index is 2.83. The Morgan fingerprint density at radius 2 is 2.00 bits per heavy atom. The van der Waals surface area contributed by atoms with Crippen molar-refractivity contribution in [2.45, 2.75) is 37.0 Å². The molecule has 1 unspecified atom stereocenters. The third-order valence-corrected chi connectivity index (χ3v) is 3.48. The van der Waals surface area contributed by atoms with Crippen LogP contribution in [0.1, 0.15) is 33.1 Å². The SMILES string of the molecule is CCC[CH]([SnH])CC. The Hall–Kier alpha value is 0.799. The molecule has 0 aromatic heterocycles. The Labute approximate surface area is 59.8 Å². The molecule has 1 atom stereocenters. The second-order valence-corrected chi connectivity index (χ2v) is 4.65. The molecule has 0 rings (SSSR count). The van der Waals surface area contributed by atoms with Crippen LogP contribution < -0.4 is 0 Å². The molecule has 0 aromatic rings. The number of hydrogen-bond donors (Lipinski definition) is 0. The van der Waals surface area contributed by atoms with Gasteiger partial charge in [-0.1, -0.05) is 0 Å². The summed E-state index contributed by atoms with van der Waals surface area (Å²) in [5.74, 6) is 0. The minimum atomic E-state index is 1.08. The third kappa shape index (κ3) is 4.66. The van der Waals surface area contributed by atoms with Crippen LogP contribution in [0.15, 0.2) is 0 Å². The Bertz CT molecular complexity index is 35.2. The van der Waals surface area contributed by atoms with Gasteiger partial charge in [0.1, 0.15) is 0 Å². The van der Waals surface area contributed by atoms with Gasteiger partial charge in [-0.05, 0) is 0 Å². The summed E-state index contributed by atoms with van der Waals surface area (Å²) in [4.78, 5) is 0. The molecule has 0 saturated carbocycles. The second kappa shape index (κ2) is 4.95. The van der Waals surface area contributed by atoms with E-state index in [1.54, 1.807) is 0 Å². The average Bonchev–Trinajstić information content (AvgIpc) is 1.68. The summed E-state index contributed by atoms with van der Waals surface area (Å²) in [5, 5.41) is 0. The minimum absolute atomic E-state index is 1.08. The standard InChI is InChI=1S/C6H13.Sn.H/c1-3-5-6-4-2;;/h5H,3-4,6H2,1-2H3;;. The topological polar surface area (TPSA) is 0 Å². The first-order chi connectivity index (χ1) is 3.31. The van der Waals surface area contributed by atoms with E-state index in [4.69, 9.17) is 0 Å². The van der Waals surface area contributed by atoms with Crippen molar-refractivity contribution >= 4 is 22.5 Å². The molecule has 7 heavy (non-hydrogen) atoms. The van der Waals surface area contributed by atoms with Gasteiger partial charge in [0.25, 0.3) is 0 Å². The zero-order valence-electron chi connectivity index (χ0n) is 5.28. The van der Waals surface area contributed by atoms with Crippen LogP contribution in [-0.2, 0) is 0 Å². The molecule has 0 saturated heterocycles. The summed E-state index contributed by atoms with van der Waals surface area (Å²) in [7, 11) is 0. The molecule has 42 valence electrons. The van der Waals surface area contributed by atoms with Crippen molar-refractivity contribution in [3.8, 4) is 0 Å². The molecule has 0 amide bonds. The molecular formula is C6H14Sn. The molecule has 0 spiro atoms. The molecule has 2 radical (unpaired) electrons. The zero-order chi connectivity index (χ0) is 5.70. The van der Waals surface area contributed by atoms with Gasteiger partial charge < -0.3 is 0 Å². The van der Waals surface area contributed by atoms with Crippen LogP contribution in [-0.4, -0.2) is 22.5 Å². The predicted octanol–water partition coefficient (Wildman–Crippen LogP) is 1.89. The van der Waals surface area contributed by atoms with Gasteiger partial charge in [0.2, 0.25) is 0 Å². The van der Waals surface area contributed by atoms with E-state index >= 15 is 0 Å². The predicted molar refractivity (Wildman–Crippen MR) is 36.1 cm³/mol. The Morgan fingerprint density at radius 3 is 2.14 bits per heavy atom. The van der Waals surface area contributed by atoms with Gasteiger partial charge in [0, 0.05) is 0 Å². The summed E-state index contributed by atoms with van der Waals surface area (Å²) in [6, 6.07) is 0. The van der Waals surface area contributed by atoms with Gasteiger partial charge in [-0.15, -0.1) is 0 Å². The van der Waals surface area contributed by atoms with Crippen LogP contribution in [0.2, 0.25) is 3.93 Å². The summed E-state index contributed by atoms with van der Waals surface area (Å²) < 4.78 is 1.08. The van der Waals surface area contributed by atoms with Crippen LogP contribution in [0.4, 0.5) is 0 Å². The van der Waals surface area contributed by atoms with Crippen molar-refractivity contribution < 1.29 is 0 Å². The van der Waals surface area contributed by atoms with Gasteiger partial charge in [-0.3, -0.25) is 0 Å². The van der Waals surface area contributed by atoms with Gasteiger partial charge in [0.15, 0.2) is 0 Å². The van der Waals surface area contributed by atoms with Gasteiger partial charge >= 0.3 is 59.6 Å². The summed E-state index contributed by atoms with van der Waals surface area (Å²) >= 11 is 1.46. The molecule has 0 bridgehead atoms. The van der Waals surface area contributed by atoms with Crippen molar-refractivity contribution in [1.82, 2.24) is 0 Å². The van der Waals surface area contributed by atoms with Crippen molar-refractivity contribution in [2.24, 2.45) is 0 Å². The third-order valence-electron chi connectivity index (χ3n) is 1.18. The average molecular weight is 205 g/mol. The van der Waals surface area contributed by atoms with Crippen molar-refractivity contribution in [2.75, 3.05) is 0 Å². The van der Waals surface area contributed by atoms with E-state index < -0.39 is 0 Å². The molecule has 0 heterocycles. The van der Waals surface area contributed by atoms with Crippen LogP contribution in [0.3, 0.4) is 0 Å². The first-order valence-electron chi connectivity index (χ1n) is 3.06. The molecule has 1 heteroatoms. The van der Waals surface area contributed by atoms with Crippen molar-refractivity contribution in [1.29, 1.82) is 0 Å². The fraction of sp³-hybridized carbons (Fsp3) is 1.00. The normalized spacial score (nSPS) is 14.1. The monoisotopic (exact) mass is 206 g/mol. The van der Waals surface area contributed by atoms with Crippen LogP contribution in [0, 0.1) is 0 Å². The van der Waals surface area contributed by atoms with Gasteiger partial charge in [-0.25, -0.2) is 0 Å². The van der Waals surface area contributed by atoms with Gasteiger partial charge in [-0.2, -0.15) is 0 Å². The molecule has 0 N–H and O–H groups in total. The second-order valence-electron chi connectivity index (χ2n) is 1.96. The van der Waals surface area contributed by atoms with Crippen LogP contribution in [0.5, 0.6) is 0 Å². The van der Waals surface area contributed by atoms with E-state index in [1.165, 1.54) is 41.8 Å². The summed E-state index contributed by atoms with van der Waals surface area (Å²) in [6.07, 6.45) is 4.23. The molecule has 0 fully saturated rings. The van der Waals surface area contributed by atoms with Crippen LogP contribution >= 0.6 is 0 Å². The fourth-order valence-electron chi connectivity index (χ4n) is 0.575. The quantitative estimate of drug-likeness (QED) is 0.617. The maximum absolute atomic E-state index is 2.28. The summed E-state index contributed by atoms with van der Waals surface area (Å²) in [6.45, 7) is 4.55. The van der Waals surface area contributed by atoms with E-state index in [0.717, 1.165) is 3.93 Å². The van der Waals surface area contributed by atoms with Crippen LogP contribution in [0.25, 0.3) is 0 Å². The molecule has 0 aliphatic heterocycles. The maximum atomic E-state index is 2.28. The Morgan fingerprint density at radius 1 is 1.43 bits per heavy atom. The van der Waals surface area contributed by atoms with E-state index in [0.29, 0.717) is 0 Å². The zero-order valence-corrected chi connectivity index (χ0v) is 8.57. The van der Waals surface area contributed by atoms with Gasteiger partial charge in [0.05, 0.1) is 0 Å². The van der Waals surface area contributed by atoms with Crippen molar-refractivity contribution in [3.63, 3.8) is 0 Å². The summed E-state index contributed by atoms with van der Waals surface area (Å²) in [5.41, 5.74) is 0. The Kier molecular flexibility index (Phi) is 5.51. The van der Waals surface area contributed by atoms with E-state index in [2.05, 4.69) is 13.8 Å². The molecular weight excluding hydrogens is 191 g/mol. The number of hydrogen-bond acceptors (Lipinski definition) is 0. The fourth-order valence-corrected chi connectivity index (χ4v) is 1.53. The molecule has 0 aliphatic rings. The molecule has 0 nitrogen and oxygen atoms in total. The molecule has 0 aromatic carbocycles. The number of rotatable bonds is 3.